The maximum Gasteiger partial charge on any atom is 0.138 e. The molecule has 0 amide bonds. The van der Waals surface area contributed by atoms with E-state index in [1.54, 1.807) is 0 Å². The number of hydrogen-bond acceptors (Lipinski definition) is 3. The van der Waals surface area contributed by atoms with E-state index in [0.717, 1.165) is 44.9 Å². The number of para-hydroxylation sites is 1. The van der Waals surface area contributed by atoms with Crippen LogP contribution in [-0.4, -0.2) is 19.5 Å². The van der Waals surface area contributed by atoms with Crippen LogP contribution in [0.5, 0.6) is 0 Å². The van der Waals surface area contributed by atoms with Crippen LogP contribution >= 0.6 is 0 Å². The van der Waals surface area contributed by atoms with Crippen LogP contribution in [0.2, 0.25) is 0 Å². The number of aromatic nitrogens is 4. The topological polar surface area (TPSA) is 43.6 Å². The zero-order valence-corrected chi connectivity index (χ0v) is 23.8. The van der Waals surface area contributed by atoms with Gasteiger partial charge in [-0.25, -0.2) is 9.97 Å². The number of rotatable bonds is 4. The Morgan fingerprint density at radius 2 is 1.16 bits per heavy atom. The van der Waals surface area contributed by atoms with Crippen molar-refractivity contribution in [2.24, 2.45) is 0 Å². The third-order valence-corrected chi connectivity index (χ3v) is 8.80. The molecule has 4 aromatic carbocycles. The molecule has 4 heterocycles. The molecule has 0 spiro atoms. The Labute approximate surface area is 255 Å². The highest BCUT2D eigenvalue weighted by atomic mass is 15.1. The minimum absolute atomic E-state index is 0.199. The normalized spacial score (nSPS) is 12.5. The van der Waals surface area contributed by atoms with Crippen molar-refractivity contribution in [3.8, 4) is 39.6 Å². The number of benzene rings is 4. The van der Waals surface area contributed by atoms with Gasteiger partial charge < -0.3 is 0 Å². The van der Waals surface area contributed by atoms with E-state index in [0.29, 0.717) is 0 Å². The van der Waals surface area contributed by atoms with Gasteiger partial charge in [-0.05, 0) is 70.3 Å². The van der Waals surface area contributed by atoms with Crippen LogP contribution in [-0.2, 0) is 0 Å². The van der Waals surface area contributed by atoms with Crippen molar-refractivity contribution < 1.29 is 0 Å². The zero-order chi connectivity index (χ0) is 29.0. The lowest BCUT2D eigenvalue weighted by molar-refractivity contribution is 1.01. The Balaban J connectivity index is 1.12. The molecule has 0 bridgehead atoms. The second kappa shape index (κ2) is 9.85. The van der Waals surface area contributed by atoms with E-state index in [-0.39, 0.29) is 5.92 Å². The lowest BCUT2D eigenvalue weighted by atomic mass is 9.88. The summed E-state index contributed by atoms with van der Waals surface area (Å²) < 4.78 is 2.19. The summed E-state index contributed by atoms with van der Waals surface area (Å²) in [5.74, 6) is 1.04. The SMILES string of the molecule is c1cc(-c2cccc(-c3cccc(-n4c5ccccc5c5ccncc54)n3)n2)cc(C2c3ccccc3-c3ccccc32)c1. The fourth-order valence-electron chi connectivity index (χ4n) is 6.89. The zero-order valence-electron chi connectivity index (χ0n) is 23.8. The quantitative estimate of drug-likeness (QED) is 0.215. The molecule has 8 aromatic rings. The first-order valence-corrected chi connectivity index (χ1v) is 14.9. The van der Waals surface area contributed by atoms with Crippen LogP contribution in [0.1, 0.15) is 22.6 Å². The molecule has 0 saturated heterocycles. The van der Waals surface area contributed by atoms with Crippen LogP contribution in [0, 0.1) is 0 Å². The first-order chi connectivity index (χ1) is 21.8. The lowest BCUT2D eigenvalue weighted by Gasteiger charge is -2.16. The van der Waals surface area contributed by atoms with Crippen molar-refractivity contribution in [2.75, 3.05) is 0 Å². The van der Waals surface area contributed by atoms with Crippen molar-refractivity contribution in [1.82, 2.24) is 19.5 Å². The van der Waals surface area contributed by atoms with E-state index in [1.807, 2.05) is 30.6 Å². The van der Waals surface area contributed by atoms with Gasteiger partial charge in [0.05, 0.1) is 34.3 Å². The van der Waals surface area contributed by atoms with Crippen molar-refractivity contribution in [1.29, 1.82) is 0 Å². The van der Waals surface area contributed by atoms with Crippen molar-refractivity contribution in [3.63, 3.8) is 0 Å². The first kappa shape index (κ1) is 24.7. The molecule has 0 fully saturated rings. The van der Waals surface area contributed by atoms with E-state index >= 15 is 0 Å². The van der Waals surface area contributed by atoms with Crippen LogP contribution in [0.25, 0.3) is 61.4 Å². The second-order valence-corrected chi connectivity index (χ2v) is 11.3. The summed E-state index contributed by atoms with van der Waals surface area (Å²) in [7, 11) is 0. The maximum atomic E-state index is 5.13. The highest BCUT2D eigenvalue weighted by Crippen LogP contribution is 2.48. The van der Waals surface area contributed by atoms with Crippen molar-refractivity contribution in [3.05, 3.63) is 169 Å². The fourth-order valence-corrected chi connectivity index (χ4v) is 6.89. The largest absolute Gasteiger partial charge is 0.292 e. The van der Waals surface area contributed by atoms with Gasteiger partial charge in [-0.2, -0.15) is 0 Å². The van der Waals surface area contributed by atoms with Gasteiger partial charge in [-0.3, -0.25) is 9.55 Å². The summed E-state index contributed by atoms with van der Waals surface area (Å²) in [5.41, 5.74) is 12.5. The highest BCUT2D eigenvalue weighted by Gasteiger charge is 2.29. The molecule has 0 N–H and O–H groups in total. The summed E-state index contributed by atoms with van der Waals surface area (Å²) in [5, 5.41) is 2.35. The molecule has 206 valence electrons. The fraction of sp³-hybridized carbons (Fsp3) is 0.0250. The van der Waals surface area contributed by atoms with Crippen LogP contribution in [0.15, 0.2) is 152 Å². The summed E-state index contributed by atoms with van der Waals surface area (Å²) in [6, 6.07) is 49.2. The lowest BCUT2D eigenvalue weighted by Crippen LogP contribution is -2.00. The van der Waals surface area contributed by atoms with Gasteiger partial charge in [0.1, 0.15) is 5.82 Å². The van der Waals surface area contributed by atoms with Crippen LogP contribution < -0.4 is 0 Å². The minimum Gasteiger partial charge on any atom is -0.292 e. The predicted octanol–water partition coefficient (Wildman–Crippen LogP) is 9.46. The number of nitrogens with zero attached hydrogens (tertiary/aromatic N) is 4. The predicted molar refractivity (Wildman–Crippen MR) is 178 cm³/mol. The number of hydrogen-bond donors (Lipinski definition) is 0. The Hall–Kier alpha value is -5.87. The van der Waals surface area contributed by atoms with Gasteiger partial charge in [-0.15, -0.1) is 0 Å². The van der Waals surface area contributed by atoms with Gasteiger partial charge in [0.15, 0.2) is 0 Å². The molecular weight excluding hydrogens is 536 g/mol. The van der Waals surface area contributed by atoms with E-state index in [4.69, 9.17) is 9.97 Å². The Morgan fingerprint density at radius 3 is 2.00 bits per heavy atom. The molecule has 1 aliphatic carbocycles. The molecule has 4 aromatic heterocycles. The van der Waals surface area contributed by atoms with Gasteiger partial charge in [0.2, 0.25) is 0 Å². The smallest absolute Gasteiger partial charge is 0.138 e. The summed E-state index contributed by atoms with van der Waals surface area (Å²) in [6.45, 7) is 0. The van der Waals surface area contributed by atoms with E-state index in [1.165, 1.54) is 33.2 Å². The molecule has 0 radical (unpaired) electrons. The van der Waals surface area contributed by atoms with E-state index in [9.17, 15) is 0 Å². The highest BCUT2D eigenvalue weighted by molar-refractivity contribution is 6.08. The molecule has 4 nitrogen and oxygen atoms in total. The first-order valence-electron chi connectivity index (χ1n) is 14.9. The number of fused-ring (bicyclic) bond motifs is 6. The molecule has 0 atom stereocenters. The average molecular weight is 563 g/mol. The third-order valence-electron chi connectivity index (χ3n) is 8.80. The van der Waals surface area contributed by atoms with Gasteiger partial charge in [0, 0.05) is 28.5 Å². The minimum atomic E-state index is 0.199. The second-order valence-electron chi connectivity index (χ2n) is 11.3. The molecule has 0 unspecified atom stereocenters. The monoisotopic (exact) mass is 562 g/mol. The maximum absolute atomic E-state index is 5.13. The van der Waals surface area contributed by atoms with Crippen LogP contribution in [0.3, 0.4) is 0 Å². The third kappa shape index (κ3) is 3.81. The van der Waals surface area contributed by atoms with Crippen molar-refractivity contribution in [2.45, 2.75) is 5.92 Å². The Morgan fingerprint density at radius 1 is 0.500 bits per heavy atom. The summed E-state index contributed by atoms with van der Waals surface area (Å²) >= 11 is 0. The molecule has 4 heteroatoms. The Kier molecular flexibility index (Phi) is 5.53. The van der Waals surface area contributed by atoms with Gasteiger partial charge >= 0.3 is 0 Å². The average Bonchev–Trinajstić information content (AvgIpc) is 3.62. The van der Waals surface area contributed by atoms with Gasteiger partial charge in [0.25, 0.3) is 0 Å². The Bertz CT molecular complexity index is 2270. The molecule has 9 rings (SSSR count). The summed E-state index contributed by atoms with van der Waals surface area (Å²) in [6.07, 6.45) is 3.76. The molecular formula is C40H26N4. The molecule has 44 heavy (non-hydrogen) atoms. The van der Waals surface area contributed by atoms with Crippen LogP contribution in [0.4, 0.5) is 0 Å². The number of pyridine rings is 3. The van der Waals surface area contributed by atoms with E-state index in [2.05, 4.69) is 131 Å². The summed E-state index contributed by atoms with van der Waals surface area (Å²) in [4.78, 5) is 14.7. The standard InChI is InChI=1S/C40H26N4/c1-3-15-32-28(12-1)29-13-2-4-16-33(29)40(32)27-11-7-10-26(24-27)34-17-8-18-35(42-34)36-19-9-21-39(43-36)44-37-20-6-5-14-30(37)31-22-23-41-25-38(31)44/h1-25,40H. The molecule has 0 saturated carbocycles. The molecule has 1 aliphatic rings. The van der Waals surface area contributed by atoms with Gasteiger partial charge in [-0.1, -0.05) is 97.1 Å². The molecule has 0 aliphatic heterocycles. The van der Waals surface area contributed by atoms with E-state index < -0.39 is 0 Å². The van der Waals surface area contributed by atoms with Crippen molar-refractivity contribution >= 4 is 21.8 Å².